The lowest BCUT2D eigenvalue weighted by Gasteiger charge is -2.31. The highest BCUT2D eigenvalue weighted by atomic mass is 32.2. The molecule has 152 valence electrons. The summed E-state index contributed by atoms with van der Waals surface area (Å²) in [4.78, 5) is 15.4. The molecule has 1 aromatic heterocycles. The first-order chi connectivity index (χ1) is 13.3. The maximum absolute atomic E-state index is 13.3. The molecule has 1 aliphatic rings. The van der Waals surface area contributed by atoms with Gasteiger partial charge in [-0.2, -0.15) is 4.31 Å². The lowest BCUT2D eigenvalue weighted by Crippen LogP contribution is -2.39. The van der Waals surface area contributed by atoms with Crippen molar-refractivity contribution in [3.8, 4) is 0 Å². The van der Waals surface area contributed by atoms with E-state index in [1.54, 1.807) is 20.8 Å². The van der Waals surface area contributed by atoms with Crippen LogP contribution in [0.4, 0.5) is 0 Å². The summed E-state index contributed by atoms with van der Waals surface area (Å²) in [6.07, 6.45) is 2.59. The first kappa shape index (κ1) is 20.6. The van der Waals surface area contributed by atoms with Crippen molar-refractivity contribution in [2.45, 2.75) is 44.9 Å². The third-order valence-electron chi connectivity index (χ3n) is 5.34. The van der Waals surface area contributed by atoms with Crippen molar-refractivity contribution < 1.29 is 17.9 Å². The Morgan fingerprint density at radius 3 is 2.39 bits per heavy atom. The van der Waals surface area contributed by atoms with E-state index < -0.39 is 16.0 Å². The Labute approximate surface area is 167 Å². The van der Waals surface area contributed by atoms with E-state index >= 15 is 0 Å². The van der Waals surface area contributed by atoms with Gasteiger partial charge in [-0.1, -0.05) is 30.3 Å². The molecule has 6 nitrogen and oxygen atoms in total. The van der Waals surface area contributed by atoms with E-state index in [1.165, 1.54) is 9.87 Å². The van der Waals surface area contributed by atoms with Crippen LogP contribution in [-0.4, -0.2) is 43.4 Å². The van der Waals surface area contributed by atoms with Crippen LogP contribution in [0.2, 0.25) is 0 Å². The van der Waals surface area contributed by atoms with Crippen LogP contribution in [0, 0.1) is 19.8 Å². The van der Waals surface area contributed by atoms with Gasteiger partial charge in [-0.25, -0.2) is 13.2 Å². The van der Waals surface area contributed by atoms with Crippen LogP contribution in [0.15, 0.2) is 35.2 Å². The lowest BCUT2D eigenvalue weighted by atomic mass is 9.91. The van der Waals surface area contributed by atoms with Gasteiger partial charge >= 0.3 is 5.97 Å². The second kappa shape index (κ2) is 8.49. The topological polar surface area (TPSA) is 79.5 Å². The summed E-state index contributed by atoms with van der Waals surface area (Å²) < 4.78 is 33.2. The number of aromatic amines is 1. The van der Waals surface area contributed by atoms with Gasteiger partial charge in [-0.15, -0.1) is 0 Å². The van der Waals surface area contributed by atoms with Gasteiger partial charge in [0.1, 0.15) is 10.5 Å². The fourth-order valence-electron chi connectivity index (χ4n) is 3.96. The minimum absolute atomic E-state index is 0.0601. The number of H-pyrrole nitrogens is 1. The van der Waals surface area contributed by atoms with E-state index in [-0.39, 0.29) is 17.1 Å². The number of hydrogen-bond acceptors (Lipinski definition) is 4. The van der Waals surface area contributed by atoms with Gasteiger partial charge in [0, 0.05) is 24.5 Å². The van der Waals surface area contributed by atoms with Gasteiger partial charge in [-0.3, -0.25) is 0 Å². The molecule has 1 aromatic carbocycles. The number of benzene rings is 1. The van der Waals surface area contributed by atoms with E-state index in [4.69, 9.17) is 4.74 Å². The zero-order chi connectivity index (χ0) is 20.3. The molecular weight excluding hydrogens is 376 g/mol. The van der Waals surface area contributed by atoms with Crippen molar-refractivity contribution in [2.75, 3.05) is 19.7 Å². The predicted molar refractivity (Wildman–Crippen MR) is 108 cm³/mol. The number of esters is 1. The Balaban J connectivity index is 1.77. The number of ether oxygens (including phenoxy) is 1. The minimum atomic E-state index is -3.76. The molecule has 28 heavy (non-hydrogen) atoms. The molecule has 1 aliphatic heterocycles. The molecule has 0 aliphatic carbocycles. The molecular formula is C21H28N2O4S. The van der Waals surface area contributed by atoms with Gasteiger partial charge in [0.25, 0.3) is 0 Å². The molecule has 2 heterocycles. The van der Waals surface area contributed by atoms with Crippen molar-refractivity contribution in [3.05, 3.63) is 52.8 Å². The van der Waals surface area contributed by atoms with Crippen molar-refractivity contribution in [2.24, 2.45) is 5.92 Å². The first-order valence-electron chi connectivity index (χ1n) is 9.75. The van der Waals surface area contributed by atoms with Crippen molar-refractivity contribution >= 4 is 16.0 Å². The summed E-state index contributed by atoms with van der Waals surface area (Å²) in [5.74, 6) is -0.130. The monoisotopic (exact) mass is 404 g/mol. The number of rotatable bonds is 6. The summed E-state index contributed by atoms with van der Waals surface area (Å²) in [5.41, 5.74) is 2.41. The number of nitrogens with zero attached hydrogens (tertiary/aromatic N) is 1. The average Bonchev–Trinajstić information content (AvgIpc) is 2.98. The van der Waals surface area contributed by atoms with Crippen molar-refractivity contribution in [1.29, 1.82) is 0 Å². The summed E-state index contributed by atoms with van der Waals surface area (Å²) >= 11 is 0. The molecule has 1 saturated heterocycles. The summed E-state index contributed by atoms with van der Waals surface area (Å²) in [6.45, 7) is 6.22. The highest BCUT2D eigenvalue weighted by Gasteiger charge is 2.36. The van der Waals surface area contributed by atoms with E-state index in [2.05, 4.69) is 17.1 Å². The number of carbonyl (C=O) groups is 1. The van der Waals surface area contributed by atoms with Gasteiger partial charge in [0.15, 0.2) is 0 Å². The predicted octanol–water partition coefficient (Wildman–Crippen LogP) is 3.45. The second-order valence-electron chi connectivity index (χ2n) is 7.34. The number of aryl methyl sites for hydroxylation is 2. The van der Waals surface area contributed by atoms with Crippen LogP contribution < -0.4 is 0 Å². The maximum Gasteiger partial charge on any atom is 0.341 e. The maximum atomic E-state index is 13.3. The van der Waals surface area contributed by atoms with Crippen LogP contribution in [0.5, 0.6) is 0 Å². The Morgan fingerprint density at radius 2 is 1.79 bits per heavy atom. The van der Waals surface area contributed by atoms with Gasteiger partial charge in [-0.05, 0) is 51.5 Å². The molecule has 1 N–H and O–H groups in total. The van der Waals surface area contributed by atoms with E-state index in [1.807, 2.05) is 18.2 Å². The Hall–Kier alpha value is -2.12. The van der Waals surface area contributed by atoms with Gasteiger partial charge < -0.3 is 9.72 Å². The zero-order valence-electron chi connectivity index (χ0n) is 16.7. The van der Waals surface area contributed by atoms with Crippen LogP contribution in [0.1, 0.15) is 47.1 Å². The smallest absolute Gasteiger partial charge is 0.341 e. The molecule has 3 rings (SSSR count). The Kier molecular flexibility index (Phi) is 6.25. The van der Waals surface area contributed by atoms with E-state index in [0.717, 1.165) is 19.3 Å². The highest BCUT2D eigenvalue weighted by Crippen LogP contribution is 2.31. The van der Waals surface area contributed by atoms with E-state index in [9.17, 15) is 13.2 Å². The normalized spacial score (nSPS) is 16.2. The number of hydrogen-bond donors (Lipinski definition) is 1. The van der Waals surface area contributed by atoms with Crippen molar-refractivity contribution in [1.82, 2.24) is 9.29 Å². The number of piperidine rings is 1. The van der Waals surface area contributed by atoms with Gasteiger partial charge in [0.2, 0.25) is 10.0 Å². The highest BCUT2D eigenvalue weighted by molar-refractivity contribution is 7.89. The molecule has 0 amide bonds. The molecule has 0 atom stereocenters. The quantitative estimate of drug-likeness (QED) is 0.748. The Bertz CT molecular complexity index is 927. The Morgan fingerprint density at radius 1 is 1.14 bits per heavy atom. The number of sulfonamides is 1. The standard InChI is InChI=1S/C21H28N2O4S/c1-4-27-21(24)19-15(2)22-16(3)20(19)28(25,26)23-12-10-18(11-13-23)14-17-8-6-5-7-9-17/h5-9,18,22H,4,10-14H2,1-3H3. The van der Waals surface area contributed by atoms with Crippen LogP contribution in [0.25, 0.3) is 0 Å². The van der Waals surface area contributed by atoms with Crippen LogP contribution >= 0.6 is 0 Å². The number of nitrogens with one attached hydrogen (secondary N) is 1. The number of carbonyl (C=O) groups excluding carboxylic acids is 1. The minimum Gasteiger partial charge on any atom is -0.462 e. The molecule has 0 saturated carbocycles. The van der Waals surface area contributed by atoms with Gasteiger partial charge in [0.05, 0.1) is 6.61 Å². The molecule has 0 spiro atoms. The fraction of sp³-hybridized carbons (Fsp3) is 0.476. The molecule has 0 radical (unpaired) electrons. The fourth-order valence-corrected chi connectivity index (χ4v) is 5.84. The average molecular weight is 405 g/mol. The third kappa shape index (κ3) is 4.15. The summed E-state index contributed by atoms with van der Waals surface area (Å²) in [6, 6.07) is 10.3. The van der Waals surface area contributed by atoms with E-state index in [0.29, 0.717) is 30.4 Å². The first-order valence-corrected chi connectivity index (χ1v) is 11.2. The summed E-state index contributed by atoms with van der Waals surface area (Å²) in [7, 11) is -3.76. The lowest BCUT2D eigenvalue weighted by molar-refractivity contribution is 0.0521. The summed E-state index contributed by atoms with van der Waals surface area (Å²) in [5, 5.41) is 0. The largest absolute Gasteiger partial charge is 0.462 e. The zero-order valence-corrected chi connectivity index (χ0v) is 17.5. The van der Waals surface area contributed by atoms with Crippen LogP contribution in [-0.2, 0) is 21.2 Å². The molecule has 1 fully saturated rings. The molecule has 0 unspecified atom stereocenters. The SMILES string of the molecule is CCOC(=O)c1c(C)[nH]c(C)c1S(=O)(=O)N1CCC(Cc2ccccc2)CC1. The molecule has 7 heteroatoms. The molecule has 0 bridgehead atoms. The van der Waals surface area contributed by atoms with Crippen LogP contribution in [0.3, 0.4) is 0 Å². The van der Waals surface area contributed by atoms with Crippen molar-refractivity contribution in [3.63, 3.8) is 0 Å². The molecule has 2 aromatic rings. The second-order valence-corrected chi connectivity index (χ2v) is 9.21. The third-order valence-corrected chi connectivity index (χ3v) is 7.41. The number of aromatic nitrogens is 1.